The van der Waals surface area contributed by atoms with Crippen LogP contribution in [0.4, 0.5) is 4.39 Å². The van der Waals surface area contributed by atoms with Gasteiger partial charge in [0, 0.05) is 19.6 Å². The van der Waals surface area contributed by atoms with Gasteiger partial charge < -0.3 is 10.5 Å². The third-order valence-electron chi connectivity index (χ3n) is 2.88. The smallest absolute Gasteiger partial charge is 0.244 e. The first-order valence-corrected chi connectivity index (χ1v) is 7.54. The third kappa shape index (κ3) is 3.60. The van der Waals surface area contributed by atoms with Crippen molar-refractivity contribution in [2.75, 3.05) is 26.2 Å². The van der Waals surface area contributed by atoms with Crippen LogP contribution in [0.5, 0.6) is 0 Å². The van der Waals surface area contributed by atoms with E-state index >= 15 is 0 Å². The maximum Gasteiger partial charge on any atom is 0.244 e. The van der Waals surface area contributed by atoms with E-state index in [0.717, 1.165) is 12.1 Å². The lowest BCUT2D eigenvalue weighted by Gasteiger charge is -2.31. The number of nitrogens with two attached hydrogens (primary N) is 1. The molecule has 0 saturated carbocycles. The number of ether oxygens (including phenoxy) is 1. The number of hydrogen-bond donors (Lipinski definition) is 1. The summed E-state index contributed by atoms with van der Waals surface area (Å²) in [5, 5.41) is -0.129. The van der Waals surface area contributed by atoms with Gasteiger partial charge in [0.1, 0.15) is 10.7 Å². The molecule has 5 nitrogen and oxygen atoms in total. The van der Waals surface area contributed by atoms with E-state index in [9.17, 15) is 12.8 Å². The molecule has 1 saturated heterocycles. The first-order chi connectivity index (χ1) is 8.95. The van der Waals surface area contributed by atoms with Gasteiger partial charge in [-0.3, -0.25) is 0 Å². The van der Waals surface area contributed by atoms with Crippen LogP contribution >= 0.6 is 24.0 Å². The molecule has 2 N–H and O–H groups in total. The van der Waals surface area contributed by atoms with Crippen molar-refractivity contribution in [2.24, 2.45) is 5.73 Å². The Morgan fingerprint density at radius 1 is 1.50 bits per heavy atom. The van der Waals surface area contributed by atoms with Crippen molar-refractivity contribution in [3.8, 4) is 0 Å². The fourth-order valence-electron chi connectivity index (χ4n) is 1.88. The number of morpholine rings is 1. The molecule has 0 radical (unpaired) electrons. The molecule has 1 atom stereocenters. The Morgan fingerprint density at radius 2 is 2.20 bits per heavy atom. The zero-order valence-electron chi connectivity index (χ0n) is 10.5. The fraction of sp³-hybridized carbons (Fsp3) is 0.455. The van der Waals surface area contributed by atoms with Crippen molar-refractivity contribution in [3.05, 3.63) is 29.0 Å². The average Bonchev–Trinajstić information content (AvgIpc) is 2.38. The highest BCUT2D eigenvalue weighted by Gasteiger charge is 2.31. The molecule has 20 heavy (non-hydrogen) atoms. The lowest BCUT2D eigenvalue weighted by Crippen LogP contribution is -2.48. The van der Waals surface area contributed by atoms with Crippen molar-refractivity contribution in [1.82, 2.24) is 4.31 Å². The summed E-state index contributed by atoms with van der Waals surface area (Å²) in [6.45, 7) is 0.919. The molecular formula is C11H15Cl2FN2O3S. The quantitative estimate of drug-likeness (QED) is 0.895. The van der Waals surface area contributed by atoms with E-state index in [1.165, 1.54) is 10.4 Å². The van der Waals surface area contributed by atoms with Crippen LogP contribution < -0.4 is 5.73 Å². The minimum atomic E-state index is -3.75. The number of benzene rings is 1. The van der Waals surface area contributed by atoms with Crippen molar-refractivity contribution >= 4 is 34.0 Å². The lowest BCUT2D eigenvalue weighted by molar-refractivity contribution is 0.00450. The Labute approximate surface area is 128 Å². The van der Waals surface area contributed by atoms with Crippen molar-refractivity contribution in [3.63, 3.8) is 0 Å². The number of hydrogen-bond acceptors (Lipinski definition) is 4. The van der Waals surface area contributed by atoms with Crippen LogP contribution in [-0.2, 0) is 14.8 Å². The minimum absolute atomic E-state index is 0. The van der Waals surface area contributed by atoms with Crippen LogP contribution in [0.2, 0.25) is 5.02 Å². The molecular weight excluding hydrogens is 330 g/mol. The highest BCUT2D eigenvalue weighted by atomic mass is 35.5. The molecule has 1 fully saturated rings. The topological polar surface area (TPSA) is 72.6 Å². The van der Waals surface area contributed by atoms with Crippen LogP contribution in [0, 0.1) is 5.82 Å². The Balaban J connectivity index is 0.00000200. The molecule has 0 aliphatic carbocycles. The summed E-state index contributed by atoms with van der Waals surface area (Å²) >= 11 is 5.80. The second-order valence-corrected chi connectivity index (χ2v) is 6.48. The van der Waals surface area contributed by atoms with Gasteiger partial charge in [0.05, 0.1) is 17.7 Å². The largest absolute Gasteiger partial charge is 0.374 e. The van der Waals surface area contributed by atoms with Gasteiger partial charge >= 0.3 is 0 Å². The zero-order chi connectivity index (χ0) is 14.0. The monoisotopic (exact) mass is 344 g/mol. The molecule has 2 rings (SSSR count). The summed E-state index contributed by atoms with van der Waals surface area (Å²) in [5.74, 6) is -0.578. The highest BCUT2D eigenvalue weighted by molar-refractivity contribution is 7.89. The van der Waals surface area contributed by atoms with E-state index < -0.39 is 15.8 Å². The van der Waals surface area contributed by atoms with Crippen LogP contribution in [-0.4, -0.2) is 45.1 Å². The molecule has 1 aromatic rings. The summed E-state index contributed by atoms with van der Waals surface area (Å²) in [7, 11) is -3.75. The molecule has 114 valence electrons. The Kier molecular flexibility index (Phi) is 6.18. The molecule has 9 heteroatoms. The maximum absolute atomic E-state index is 13.0. The summed E-state index contributed by atoms with van der Waals surface area (Å²) < 4.78 is 44.3. The third-order valence-corrected chi connectivity index (χ3v) is 5.22. The highest BCUT2D eigenvalue weighted by Crippen LogP contribution is 2.26. The van der Waals surface area contributed by atoms with Gasteiger partial charge in [0.2, 0.25) is 10.0 Å². The molecule has 0 bridgehead atoms. The van der Waals surface area contributed by atoms with Gasteiger partial charge in [0.25, 0.3) is 0 Å². The lowest BCUT2D eigenvalue weighted by atomic mass is 10.3. The molecule has 0 spiro atoms. The molecule has 1 aromatic carbocycles. The van der Waals surface area contributed by atoms with Crippen molar-refractivity contribution < 1.29 is 17.5 Å². The summed E-state index contributed by atoms with van der Waals surface area (Å²) in [4.78, 5) is -0.103. The predicted octanol–water partition coefficient (Wildman–Crippen LogP) is 1.25. The second-order valence-electron chi connectivity index (χ2n) is 4.17. The SMILES string of the molecule is Cl.NCC1CN(S(=O)(=O)c2ccc(F)cc2Cl)CCO1. The average molecular weight is 345 g/mol. The van der Waals surface area contributed by atoms with E-state index in [1.807, 2.05) is 0 Å². The van der Waals surface area contributed by atoms with E-state index in [1.54, 1.807) is 0 Å². The molecule has 1 unspecified atom stereocenters. The molecule has 0 amide bonds. The first-order valence-electron chi connectivity index (χ1n) is 5.72. The van der Waals surface area contributed by atoms with Crippen LogP contribution in [0.25, 0.3) is 0 Å². The Morgan fingerprint density at radius 3 is 2.80 bits per heavy atom. The zero-order valence-corrected chi connectivity index (χ0v) is 12.8. The van der Waals surface area contributed by atoms with Gasteiger partial charge in [-0.2, -0.15) is 4.31 Å². The molecule has 1 aliphatic heterocycles. The normalized spacial score (nSPS) is 20.4. The van der Waals surface area contributed by atoms with E-state index in [0.29, 0.717) is 0 Å². The van der Waals surface area contributed by atoms with E-state index in [-0.39, 0.29) is 54.7 Å². The van der Waals surface area contributed by atoms with Gasteiger partial charge in [-0.1, -0.05) is 11.6 Å². The summed E-state index contributed by atoms with van der Waals surface area (Å²) in [6.07, 6.45) is -0.331. The van der Waals surface area contributed by atoms with Crippen molar-refractivity contribution in [2.45, 2.75) is 11.0 Å². The number of rotatable bonds is 3. The van der Waals surface area contributed by atoms with Gasteiger partial charge in [-0.15, -0.1) is 12.4 Å². The van der Waals surface area contributed by atoms with Crippen LogP contribution in [0.3, 0.4) is 0 Å². The fourth-order valence-corrected chi connectivity index (χ4v) is 3.84. The molecule has 0 aromatic heterocycles. The van der Waals surface area contributed by atoms with Crippen molar-refractivity contribution in [1.29, 1.82) is 0 Å². The van der Waals surface area contributed by atoms with Gasteiger partial charge in [0.15, 0.2) is 0 Å². The van der Waals surface area contributed by atoms with E-state index in [4.69, 9.17) is 22.1 Å². The molecule has 1 heterocycles. The standard InChI is InChI=1S/C11H14ClFN2O3S.ClH/c12-10-5-8(13)1-2-11(10)19(16,17)15-3-4-18-9(6-14)7-15;/h1-2,5,9H,3-4,6-7,14H2;1H. The van der Waals surface area contributed by atoms with Crippen LogP contribution in [0.15, 0.2) is 23.1 Å². The summed E-state index contributed by atoms with van der Waals surface area (Å²) in [6, 6.07) is 3.22. The number of nitrogens with zero attached hydrogens (tertiary/aromatic N) is 1. The second kappa shape index (κ2) is 7.02. The maximum atomic E-state index is 13.0. The number of sulfonamides is 1. The first kappa shape index (κ1) is 17.6. The minimum Gasteiger partial charge on any atom is -0.374 e. The predicted molar refractivity (Wildman–Crippen MR) is 76.2 cm³/mol. The summed E-state index contributed by atoms with van der Waals surface area (Å²) in [5.41, 5.74) is 5.48. The van der Waals surface area contributed by atoms with Gasteiger partial charge in [-0.25, -0.2) is 12.8 Å². The van der Waals surface area contributed by atoms with Crippen LogP contribution in [0.1, 0.15) is 0 Å². The van der Waals surface area contributed by atoms with Gasteiger partial charge in [-0.05, 0) is 18.2 Å². The number of halogens is 3. The van der Waals surface area contributed by atoms with E-state index in [2.05, 4.69) is 0 Å². The Hall–Kier alpha value is -0.440. The molecule has 1 aliphatic rings. The Bertz CT molecular complexity index is 571.